The van der Waals surface area contributed by atoms with Gasteiger partial charge in [0.25, 0.3) is 0 Å². The summed E-state index contributed by atoms with van der Waals surface area (Å²) in [6.45, 7) is 7.65. The van der Waals surface area contributed by atoms with Gasteiger partial charge in [-0.05, 0) is 53.4 Å². The third kappa shape index (κ3) is 8.59. The molecule has 0 N–H and O–H groups in total. The molecule has 0 heterocycles. The van der Waals surface area contributed by atoms with Crippen molar-refractivity contribution in [2.45, 2.75) is 53.4 Å². The Kier molecular flexibility index (Phi) is 7.06. The molecule has 0 saturated carbocycles. The summed E-state index contributed by atoms with van der Waals surface area (Å²) in [7, 11) is 0. The van der Waals surface area contributed by atoms with Gasteiger partial charge in [0, 0.05) is 0 Å². The van der Waals surface area contributed by atoms with Crippen molar-refractivity contribution < 1.29 is 0 Å². The second-order valence-electron chi connectivity index (χ2n) is 5.76. The van der Waals surface area contributed by atoms with E-state index in [4.69, 9.17) is 10.5 Å². The summed E-state index contributed by atoms with van der Waals surface area (Å²) in [5, 5.41) is 17.7. The molecule has 98 valence electrons. The van der Waals surface area contributed by atoms with E-state index >= 15 is 0 Å². The zero-order chi connectivity index (χ0) is 14.1. The van der Waals surface area contributed by atoms with Crippen LogP contribution in [0.2, 0.25) is 0 Å². The zero-order valence-corrected chi connectivity index (χ0v) is 12.0. The van der Waals surface area contributed by atoms with Crippen LogP contribution < -0.4 is 0 Å². The Hall–Kier alpha value is -1.54. The molecule has 0 radical (unpaired) electrons. The summed E-state index contributed by atoms with van der Waals surface area (Å²) in [6.07, 6.45) is 12.4. The van der Waals surface area contributed by atoms with E-state index in [9.17, 15) is 0 Å². The van der Waals surface area contributed by atoms with Gasteiger partial charge in [-0.2, -0.15) is 10.5 Å². The molecule has 0 aromatic carbocycles. The van der Waals surface area contributed by atoms with Crippen molar-refractivity contribution in [3.63, 3.8) is 0 Å². The fourth-order valence-electron chi connectivity index (χ4n) is 1.35. The molecule has 2 nitrogen and oxygen atoms in total. The molecule has 0 unspecified atom stereocenters. The SMILES string of the molecule is CC(C)(C#N)C=CCCCCC=CC(C)(C)C#N. The summed E-state index contributed by atoms with van der Waals surface area (Å²) in [6, 6.07) is 4.49. The maximum atomic E-state index is 8.83. The molecule has 0 aliphatic rings. The highest BCUT2D eigenvalue weighted by Gasteiger charge is 2.10. The van der Waals surface area contributed by atoms with E-state index in [0.717, 1.165) is 25.7 Å². The van der Waals surface area contributed by atoms with Crippen molar-refractivity contribution in [2.24, 2.45) is 10.8 Å². The first-order valence-electron chi connectivity index (χ1n) is 6.51. The average molecular weight is 244 g/mol. The van der Waals surface area contributed by atoms with Crippen LogP contribution >= 0.6 is 0 Å². The lowest BCUT2D eigenvalue weighted by atomic mass is 9.94. The summed E-state index contributed by atoms with van der Waals surface area (Å²) in [5.41, 5.74) is -0.701. The van der Waals surface area contributed by atoms with Crippen molar-refractivity contribution >= 4 is 0 Å². The second-order valence-corrected chi connectivity index (χ2v) is 5.76. The normalized spacial score (nSPS) is 12.8. The minimum atomic E-state index is -0.350. The molecule has 0 spiro atoms. The third-order valence-corrected chi connectivity index (χ3v) is 2.64. The highest BCUT2D eigenvalue weighted by Crippen LogP contribution is 2.17. The molecule has 0 atom stereocenters. The topological polar surface area (TPSA) is 47.6 Å². The maximum absolute atomic E-state index is 8.83. The standard InChI is InChI=1S/C16H24N2/c1-15(2,13-17)11-9-7-5-6-8-10-12-16(3,4)14-18/h9-12H,5-8H2,1-4H3. The van der Waals surface area contributed by atoms with E-state index in [2.05, 4.69) is 24.3 Å². The van der Waals surface area contributed by atoms with Crippen LogP contribution in [0.1, 0.15) is 53.4 Å². The number of unbranched alkanes of at least 4 members (excludes halogenated alkanes) is 3. The van der Waals surface area contributed by atoms with Crippen LogP contribution in [0.15, 0.2) is 24.3 Å². The van der Waals surface area contributed by atoms with E-state index < -0.39 is 0 Å². The monoisotopic (exact) mass is 244 g/mol. The highest BCUT2D eigenvalue weighted by molar-refractivity contribution is 5.08. The number of rotatable bonds is 7. The van der Waals surface area contributed by atoms with Crippen molar-refractivity contribution in [2.75, 3.05) is 0 Å². The van der Waals surface area contributed by atoms with E-state index in [0.29, 0.717) is 0 Å². The van der Waals surface area contributed by atoms with Crippen LogP contribution in [-0.4, -0.2) is 0 Å². The van der Waals surface area contributed by atoms with Gasteiger partial charge in [0.1, 0.15) is 0 Å². The van der Waals surface area contributed by atoms with Crippen LogP contribution in [-0.2, 0) is 0 Å². The number of nitriles is 2. The molecule has 0 saturated heterocycles. The van der Waals surface area contributed by atoms with Crippen molar-refractivity contribution in [1.29, 1.82) is 10.5 Å². The molecule has 0 fully saturated rings. The zero-order valence-electron chi connectivity index (χ0n) is 12.0. The average Bonchev–Trinajstić information content (AvgIpc) is 2.32. The largest absolute Gasteiger partial charge is 0.197 e. The number of hydrogen-bond acceptors (Lipinski definition) is 2. The lowest BCUT2D eigenvalue weighted by molar-refractivity contribution is 0.633. The fraction of sp³-hybridized carbons (Fsp3) is 0.625. The van der Waals surface area contributed by atoms with Gasteiger partial charge < -0.3 is 0 Å². The summed E-state index contributed by atoms with van der Waals surface area (Å²) >= 11 is 0. The molecule has 18 heavy (non-hydrogen) atoms. The molecule has 0 aromatic heterocycles. The van der Waals surface area contributed by atoms with Gasteiger partial charge in [-0.3, -0.25) is 0 Å². The Balaban J connectivity index is 3.73. The van der Waals surface area contributed by atoms with Crippen LogP contribution in [0.3, 0.4) is 0 Å². The molecule has 0 rings (SSSR count). The highest BCUT2D eigenvalue weighted by atomic mass is 14.3. The summed E-state index contributed by atoms with van der Waals surface area (Å²) in [4.78, 5) is 0. The van der Waals surface area contributed by atoms with E-state index in [-0.39, 0.29) is 10.8 Å². The van der Waals surface area contributed by atoms with Crippen LogP contribution in [0.5, 0.6) is 0 Å². The number of allylic oxidation sites excluding steroid dienone is 4. The Labute approximate surface area is 112 Å². The lowest BCUT2D eigenvalue weighted by Gasteiger charge is -2.07. The summed E-state index contributed by atoms with van der Waals surface area (Å²) in [5.74, 6) is 0. The fourth-order valence-corrected chi connectivity index (χ4v) is 1.35. The minimum absolute atomic E-state index is 0.350. The first-order valence-corrected chi connectivity index (χ1v) is 6.51. The van der Waals surface area contributed by atoms with Crippen molar-refractivity contribution in [3.05, 3.63) is 24.3 Å². The first-order chi connectivity index (χ1) is 8.33. The second kappa shape index (κ2) is 7.72. The van der Waals surface area contributed by atoms with Gasteiger partial charge in [0.05, 0.1) is 23.0 Å². The van der Waals surface area contributed by atoms with Crippen LogP contribution in [0.4, 0.5) is 0 Å². The molecule has 0 aromatic rings. The Morgan fingerprint density at radius 1 is 0.778 bits per heavy atom. The Bertz CT molecular complexity index is 335. The van der Waals surface area contributed by atoms with Gasteiger partial charge in [-0.25, -0.2) is 0 Å². The number of hydrogen-bond donors (Lipinski definition) is 0. The van der Waals surface area contributed by atoms with Crippen LogP contribution in [0, 0.1) is 33.5 Å². The third-order valence-electron chi connectivity index (χ3n) is 2.64. The predicted octanol–water partition coefficient (Wildman–Crippen LogP) is 4.76. The lowest BCUT2D eigenvalue weighted by Crippen LogP contribution is -2.02. The number of nitrogens with zero attached hydrogens (tertiary/aromatic N) is 2. The van der Waals surface area contributed by atoms with E-state index in [1.165, 1.54) is 0 Å². The molecule has 0 aliphatic carbocycles. The van der Waals surface area contributed by atoms with Gasteiger partial charge in [-0.15, -0.1) is 0 Å². The molecule has 0 aliphatic heterocycles. The molecule has 0 bridgehead atoms. The molecule has 0 amide bonds. The van der Waals surface area contributed by atoms with Gasteiger partial charge in [-0.1, -0.05) is 24.3 Å². The van der Waals surface area contributed by atoms with Crippen molar-refractivity contribution in [1.82, 2.24) is 0 Å². The molecular formula is C16H24N2. The Morgan fingerprint density at radius 2 is 1.11 bits per heavy atom. The molecular weight excluding hydrogens is 220 g/mol. The quantitative estimate of drug-likeness (QED) is 0.479. The first kappa shape index (κ1) is 16.5. The van der Waals surface area contributed by atoms with Crippen molar-refractivity contribution in [3.8, 4) is 12.1 Å². The van der Waals surface area contributed by atoms with Gasteiger partial charge >= 0.3 is 0 Å². The van der Waals surface area contributed by atoms with Gasteiger partial charge in [0.15, 0.2) is 0 Å². The molecule has 2 heteroatoms. The van der Waals surface area contributed by atoms with Gasteiger partial charge in [0.2, 0.25) is 0 Å². The minimum Gasteiger partial charge on any atom is -0.197 e. The Morgan fingerprint density at radius 3 is 1.39 bits per heavy atom. The summed E-state index contributed by atoms with van der Waals surface area (Å²) < 4.78 is 0. The predicted molar refractivity (Wildman–Crippen MR) is 75.5 cm³/mol. The van der Waals surface area contributed by atoms with E-state index in [1.807, 2.05) is 39.8 Å². The van der Waals surface area contributed by atoms with E-state index in [1.54, 1.807) is 0 Å². The smallest absolute Gasteiger partial charge is 0.0725 e. The maximum Gasteiger partial charge on any atom is 0.0725 e. The van der Waals surface area contributed by atoms with Crippen LogP contribution in [0.25, 0.3) is 0 Å².